The summed E-state index contributed by atoms with van der Waals surface area (Å²) in [4.78, 5) is 42.6. The number of carbonyl (C=O) groups is 2. The number of rotatable bonds is 32. The summed E-state index contributed by atoms with van der Waals surface area (Å²) in [5.74, 6) is -0.950. The van der Waals surface area contributed by atoms with Gasteiger partial charge in [-0.05, 0) is 77.0 Å². The summed E-state index contributed by atoms with van der Waals surface area (Å²) >= 11 is 0. The first-order chi connectivity index (χ1) is 22.8. The lowest BCUT2D eigenvalue weighted by Gasteiger charge is -2.18. The average Bonchev–Trinajstić information content (AvgIpc) is 3.03. The molecule has 0 aliphatic heterocycles. The largest absolute Gasteiger partial charge is 0.469 e. The summed E-state index contributed by atoms with van der Waals surface area (Å²) in [6.45, 7) is 3.49. The molecule has 0 rings (SSSR count). The van der Waals surface area contributed by atoms with Crippen LogP contribution in [-0.4, -0.2) is 41.0 Å². The van der Waals surface area contributed by atoms with Gasteiger partial charge in [0.2, 0.25) is 0 Å². The molecule has 9 heteroatoms. The molecule has 0 aliphatic rings. The fourth-order valence-corrected chi connectivity index (χ4v) is 4.95. The lowest BCUT2D eigenvalue weighted by molar-refractivity contribution is -0.161. The molecule has 0 fully saturated rings. The van der Waals surface area contributed by atoms with E-state index in [1.807, 2.05) is 0 Å². The summed E-state index contributed by atoms with van der Waals surface area (Å²) in [6.07, 6.45) is 40.9. The molecular weight excluding hydrogens is 615 g/mol. The zero-order valence-electron chi connectivity index (χ0n) is 29.4. The van der Waals surface area contributed by atoms with Gasteiger partial charge < -0.3 is 19.3 Å². The van der Waals surface area contributed by atoms with Crippen LogP contribution in [0.15, 0.2) is 60.8 Å². The van der Waals surface area contributed by atoms with Gasteiger partial charge in [0.1, 0.15) is 6.61 Å². The van der Waals surface area contributed by atoms with E-state index in [0.717, 1.165) is 70.6 Å². The number of unbranched alkanes of at least 4 members (excludes halogenated alkanes) is 12. The van der Waals surface area contributed by atoms with Crippen LogP contribution >= 0.6 is 7.82 Å². The second-order valence-corrected chi connectivity index (χ2v) is 13.0. The van der Waals surface area contributed by atoms with Crippen LogP contribution in [0, 0.1) is 0 Å². The molecule has 0 aromatic rings. The van der Waals surface area contributed by atoms with Crippen LogP contribution in [0.1, 0.15) is 149 Å². The molecule has 1 unspecified atom stereocenters. The minimum Gasteiger partial charge on any atom is -0.462 e. The van der Waals surface area contributed by atoms with E-state index in [0.29, 0.717) is 12.8 Å². The highest BCUT2D eigenvalue weighted by molar-refractivity contribution is 7.46. The predicted octanol–water partition coefficient (Wildman–Crippen LogP) is 10.6. The van der Waals surface area contributed by atoms with Crippen LogP contribution in [0.5, 0.6) is 0 Å². The first-order valence-electron chi connectivity index (χ1n) is 18.1. The Morgan fingerprint density at radius 3 is 1.60 bits per heavy atom. The number of esters is 2. The molecule has 0 amide bonds. The highest BCUT2D eigenvalue weighted by atomic mass is 31.2. The fraction of sp³-hybridized carbons (Fsp3) is 0.684. The molecule has 0 saturated heterocycles. The van der Waals surface area contributed by atoms with E-state index < -0.39 is 32.5 Å². The normalized spacial score (nSPS) is 13.2. The Bertz CT molecular complexity index is 947. The predicted molar refractivity (Wildman–Crippen MR) is 193 cm³/mol. The van der Waals surface area contributed by atoms with Crippen molar-refractivity contribution < 1.29 is 37.9 Å². The van der Waals surface area contributed by atoms with Crippen molar-refractivity contribution in [1.82, 2.24) is 0 Å². The van der Waals surface area contributed by atoms with E-state index in [1.165, 1.54) is 38.5 Å². The second kappa shape index (κ2) is 33.6. The number of phosphoric ester groups is 1. The van der Waals surface area contributed by atoms with Crippen LogP contribution in [0.25, 0.3) is 0 Å². The van der Waals surface area contributed by atoms with Crippen LogP contribution in [0.3, 0.4) is 0 Å². The Morgan fingerprint density at radius 2 is 1.02 bits per heavy atom. The molecule has 0 aromatic heterocycles. The van der Waals surface area contributed by atoms with Crippen molar-refractivity contribution in [3.05, 3.63) is 60.8 Å². The number of carbonyl (C=O) groups excluding carboxylic acids is 2. The van der Waals surface area contributed by atoms with Crippen molar-refractivity contribution in [3.8, 4) is 0 Å². The molecule has 47 heavy (non-hydrogen) atoms. The van der Waals surface area contributed by atoms with Crippen LogP contribution in [-0.2, 0) is 28.2 Å². The first-order valence-corrected chi connectivity index (χ1v) is 19.6. The molecular formula is C38H65O8P. The van der Waals surface area contributed by atoms with Crippen LogP contribution in [0.4, 0.5) is 0 Å². The smallest absolute Gasteiger partial charge is 0.462 e. The minimum absolute atomic E-state index is 0.155. The topological polar surface area (TPSA) is 119 Å². The van der Waals surface area contributed by atoms with E-state index in [9.17, 15) is 14.2 Å². The lowest BCUT2D eigenvalue weighted by Crippen LogP contribution is -2.29. The van der Waals surface area contributed by atoms with Crippen LogP contribution < -0.4 is 0 Å². The first kappa shape index (κ1) is 44.8. The molecule has 0 saturated carbocycles. The summed E-state index contributed by atoms with van der Waals surface area (Å²) in [5, 5.41) is 0. The SMILES string of the molecule is CC/C=C\C/C=C\C/C=C\C/C=C\CCCCC(=O)OC(COC(=O)CCCCCCC/C=C\CCCCCCC)COP(=O)(O)O. The summed E-state index contributed by atoms with van der Waals surface area (Å²) in [6, 6.07) is 0. The number of ether oxygens (including phenoxy) is 2. The van der Waals surface area contributed by atoms with Gasteiger partial charge in [0.15, 0.2) is 6.10 Å². The second-order valence-electron chi connectivity index (χ2n) is 11.8. The third-order valence-corrected chi connectivity index (χ3v) is 7.76. The Morgan fingerprint density at radius 1 is 0.574 bits per heavy atom. The number of allylic oxidation sites excluding steroid dienone is 10. The van der Waals surface area contributed by atoms with Gasteiger partial charge in [-0.15, -0.1) is 0 Å². The van der Waals surface area contributed by atoms with Crippen molar-refractivity contribution in [2.75, 3.05) is 13.2 Å². The van der Waals surface area contributed by atoms with E-state index in [2.05, 4.69) is 79.1 Å². The molecule has 270 valence electrons. The Balaban J connectivity index is 4.09. The van der Waals surface area contributed by atoms with Crippen molar-refractivity contribution in [3.63, 3.8) is 0 Å². The standard InChI is InChI=1S/C38H65O8P/c1-3-5-7-9-11-13-15-17-19-21-23-25-27-29-31-33-38(40)46-36(35-45-47(41,42)43)34-44-37(39)32-30-28-26-24-22-20-18-16-14-12-10-8-6-4-2/h5,7,11,13,16-19,23,25,36H,3-4,6,8-10,12,14-15,20-22,24,26-35H2,1-2H3,(H2,41,42,43)/b7-5-,13-11-,18-16-,19-17-,25-23-. The van der Waals surface area contributed by atoms with Crippen molar-refractivity contribution >= 4 is 19.8 Å². The minimum atomic E-state index is -4.76. The van der Waals surface area contributed by atoms with Gasteiger partial charge in [-0.1, -0.05) is 120 Å². The Kier molecular flexibility index (Phi) is 32.0. The fourth-order valence-electron chi connectivity index (χ4n) is 4.59. The molecule has 2 N–H and O–H groups in total. The van der Waals surface area contributed by atoms with Gasteiger partial charge in [0.25, 0.3) is 0 Å². The van der Waals surface area contributed by atoms with Crippen LogP contribution in [0.2, 0.25) is 0 Å². The number of phosphoric acid groups is 1. The van der Waals surface area contributed by atoms with E-state index in [1.54, 1.807) is 0 Å². The third kappa shape index (κ3) is 36.4. The maximum atomic E-state index is 12.3. The molecule has 0 spiro atoms. The molecule has 0 aliphatic carbocycles. The van der Waals surface area contributed by atoms with Gasteiger partial charge in [-0.2, -0.15) is 0 Å². The van der Waals surface area contributed by atoms with Crippen molar-refractivity contribution in [2.24, 2.45) is 0 Å². The maximum Gasteiger partial charge on any atom is 0.469 e. The maximum absolute atomic E-state index is 12.3. The zero-order chi connectivity index (χ0) is 34.7. The van der Waals surface area contributed by atoms with Gasteiger partial charge in [-0.3, -0.25) is 14.1 Å². The van der Waals surface area contributed by atoms with E-state index in [-0.39, 0.29) is 19.4 Å². The van der Waals surface area contributed by atoms with Crippen molar-refractivity contribution in [2.45, 2.75) is 155 Å². The number of hydrogen-bond donors (Lipinski definition) is 2. The molecule has 0 heterocycles. The van der Waals surface area contributed by atoms with E-state index >= 15 is 0 Å². The van der Waals surface area contributed by atoms with E-state index in [4.69, 9.17) is 19.3 Å². The monoisotopic (exact) mass is 680 g/mol. The van der Waals surface area contributed by atoms with Gasteiger partial charge in [-0.25, -0.2) is 4.57 Å². The highest BCUT2D eigenvalue weighted by Gasteiger charge is 2.22. The quantitative estimate of drug-likeness (QED) is 0.0312. The van der Waals surface area contributed by atoms with Gasteiger partial charge in [0, 0.05) is 12.8 Å². The third-order valence-electron chi connectivity index (χ3n) is 7.27. The van der Waals surface area contributed by atoms with Gasteiger partial charge >= 0.3 is 19.8 Å². The number of hydrogen-bond acceptors (Lipinski definition) is 6. The molecule has 1 atom stereocenters. The average molecular weight is 681 g/mol. The molecule has 0 aromatic carbocycles. The molecule has 8 nitrogen and oxygen atoms in total. The highest BCUT2D eigenvalue weighted by Crippen LogP contribution is 2.35. The molecule has 0 bridgehead atoms. The summed E-state index contributed by atoms with van der Waals surface area (Å²) < 4.78 is 26.2. The summed E-state index contributed by atoms with van der Waals surface area (Å²) in [7, 11) is -4.76. The molecule has 0 radical (unpaired) electrons. The van der Waals surface area contributed by atoms with Gasteiger partial charge in [0.05, 0.1) is 6.61 Å². The van der Waals surface area contributed by atoms with Crippen molar-refractivity contribution in [1.29, 1.82) is 0 Å². The Hall–Kier alpha value is -2.25. The zero-order valence-corrected chi connectivity index (χ0v) is 30.3. The lowest BCUT2D eigenvalue weighted by atomic mass is 10.1. The Labute approximate surface area is 286 Å². The summed E-state index contributed by atoms with van der Waals surface area (Å²) in [5.41, 5.74) is 0.